The zero-order chi connectivity index (χ0) is 16.8. The van der Waals surface area contributed by atoms with Crippen molar-refractivity contribution in [2.75, 3.05) is 53.4 Å². The predicted octanol–water partition coefficient (Wildman–Crippen LogP) is 1.49. The lowest BCUT2D eigenvalue weighted by atomic mass is 10.2. The number of methoxy groups -OCH3 is 1. The second-order valence-electron chi connectivity index (χ2n) is 5.44. The van der Waals surface area contributed by atoms with Gasteiger partial charge < -0.3 is 23.4 Å². The number of benzene rings is 1. The zero-order valence-electron chi connectivity index (χ0n) is 13.7. The van der Waals surface area contributed by atoms with Gasteiger partial charge in [-0.3, -0.25) is 4.90 Å². The molecule has 1 fully saturated rings. The van der Waals surface area contributed by atoms with Gasteiger partial charge in [0.15, 0.2) is 18.3 Å². The van der Waals surface area contributed by atoms with Gasteiger partial charge in [0.2, 0.25) is 0 Å². The number of ether oxygens (including phenoxy) is 4. The molecule has 1 aromatic carbocycles. The number of hydrogen-bond donors (Lipinski definition) is 0. The van der Waals surface area contributed by atoms with Crippen LogP contribution >= 0.6 is 0 Å². The van der Waals surface area contributed by atoms with Crippen molar-refractivity contribution in [3.05, 3.63) is 34.7 Å². The number of fused-ring (bicyclic) bond motifs is 1. The zero-order valence-corrected chi connectivity index (χ0v) is 13.7. The minimum absolute atomic E-state index is 0.0857. The van der Waals surface area contributed by atoms with Gasteiger partial charge >= 0.3 is 5.63 Å². The second-order valence-corrected chi connectivity index (χ2v) is 5.44. The van der Waals surface area contributed by atoms with Crippen LogP contribution in [0.5, 0.6) is 11.5 Å². The molecule has 2 heterocycles. The summed E-state index contributed by atoms with van der Waals surface area (Å²) in [6, 6.07) is 6.55. The average Bonchev–Trinajstić information content (AvgIpc) is 2.61. The lowest BCUT2D eigenvalue weighted by Crippen LogP contribution is -2.38. The standard InChI is InChI=1S/C17H21NO6/c1-20-12-23-16-11-14-13(2-3-17(19)24-14)10-15(16)22-9-6-18-4-7-21-8-5-18/h2-3,10-11H,4-9,12H2,1H3. The highest BCUT2D eigenvalue weighted by Crippen LogP contribution is 2.32. The Bertz CT molecular complexity index is 723. The average molecular weight is 335 g/mol. The fourth-order valence-electron chi connectivity index (χ4n) is 2.53. The van der Waals surface area contributed by atoms with Crippen molar-refractivity contribution in [2.45, 2.75) is 0 Å². The molecular weight excluding hydrogens is 314 g/mol. The third-order valence-corrected chi connectivity index (χ3v) is 3.79. The summed E-state index contributed by atoms with van der Waals surface area (Å²) >= 11 is 0. The number of rotatable bonds is 7. The fraction of sp³-hybridized carbons (Fsp3) is 0.471. The summed E-state index contributed by atoms with van der Waals surface area (Å²) in [4.78, 5) is 13.7. The highest BCUT2D eigenvalue weighted by molar-refractivity contribution is 5.80. The van der Waals surface area contributed by atoms with Crippen LogP contribution in [0.15, 0.2) is 33.5 Å². The Morgan fingerprint density at radius 3 is 2.71 bits per heavy atom. The molecule has 1 aliphatic heterocycles. The molecule has 1 aliphatic rings. The van der Waals surface area contributed by atoms with E-state index in [4.69, 9.17) is 23.4 Å². The van der Waals surface area contributed by atoms with Crippen LogP contribution in [0.25, 0.3) is 11.0 Å². The molecule has 0 radical (unpaired) electrons. The van der Waals surface area contributed by atoms with E-state index >= 15 is 0 Å². The van der Waals surface area contributed by atoms with Crippen LogP contribution in [0, 0.1) is 0 Å². The third kappa shape index (κ3) is 4.25. The van der Waals surface area contributed by atoms with Gasteiger partial charge in [0, 0.05) is 44.3 Å². The quantitative estimate of drug-likeness (QED) is 0.561. The molecule has 3 rings (SSSR count). The van der Waals surface area contributed by atoms with Crippen LogP contribution in [-0.2, 0) is 9.47 Å². The topological polar surface area (TPSA) is 70.4 Å². The minimum atomic E-state index is -0.402. The van der Waals surface area contributed by atoms with E-state index in [0.717, 1.165) is 38.2 Å². The summed E-state index contributed by atoms with van der Waals surface area (Å²) in [5.41, 5.74) is 0.0512. The maximum atomic E-state index is 11.4. The smallest absolute Gasteiger partial charge is 0.336 e. The van der Waals surface area contributed by atoms with Crippen LogP contribution in [-0.4, -0.2) is 58.3 Å². The van der Waals surface area contributed by atoms with Gasteiger partial charge in [0.05, 0.1) is 13.2 Å². The van der Waals surface area contributed by atoms with Crippen LogP contribution in [0.4, 0.5) is 0 Å². The van der Waals surface area contributed by atoms with Crippen LogP contribution in [0.2, 0.25) is 0 Å². The Morgan fingerprint density at radius 1 is 1.12 bits per heavy atom. The third-order valence-electron chi connectivity index (χ3n) is 3.79. The van der Waals surface area contributed by atoms with Gasteiger partial charge in [-0.15, -0.1) is 0 Å². The molecule has 0 bridgehead atoms. The Morgan fingerprint density at radius 2 is 1.92 bits per heavy atom. The van der Waals surface area contributed by atoms with E-state index in [-0.39, 0.29) is 6.79 Å². The van der Waals surface area contributed by atoms with Gasteiger partial charge in [-0.2, -0.15) is 0 Å². The summed E-state index contributed by atoms with van der Waals surface area (Å²) in [6.45, 7) is 4.79. The molecular formula is C17H21NO6. The highest BCUT2D eigenvalue weighted by atomic mass is 16.7. The summed E-state index contributed by atoms with van der Waals surface area (Å²) < 4.78 is 26.9. The van der Waals surface area contributed by atoms with Gasteiger partial charge in [-0.05, 0) is 12.1 Å². The summed E-state index contributed by atoms with van der Waals surface area (Å²) in [5.74, 6) is 1.09. The lowest BCUT2D eigenvalue weighted by Gasteiger charge is -2.26. The first-order chi connectivity index (χ1) is 11.8. The largest absolute Gasteiger partial charge is 0.488 e. The Hall–Kier alpha value is -2.09. The van der Waals surface area contributed by atoms with E-state index in [0.29, 0.717) is 23.7 Å². The van der Waals surface area contributed by atoms with Crippen molar-refractivity contribution in [2.24, 2.45) is 0 Å². The first-order valence-corrected chi connectivity index (χ1v) is 7.89. The Labute approximate surface area is 139 Å². The maximum absolute atomic E-state index is 11.4. The lowest BCUT2D eigenvalue weighted by molar-refractivity contribution is 0.0307. The molecule has 0 saturated carbocycles. The predicted molar refractivity (Wildman–Crippen MR) is 87.7 cm³/mol. The second kappa shape index (κ2) is 8.14. The normalized spacial score (nSPS) is 15.5. The van der Waals surface area contributed by atoms with E-state index in [1.54, 1.807) is 19.2 Å². The van der Waals surface area contributed by atoms with E-state index in [9.17, 15) is 4.79 Å². The van der Waals surface area contributed by atoms with Gasteiger partial charge in [0.25, 0.3) is 0 Å². The SMILES string of the molecule is COCOc1cc2oc(=O)ccc2cc1OCCN1CCOCC1. The molecule has 0 atom stereocenters. The number of nitrogens with zero attached hydrogens (tertiary/aromatic N) is 1. The Kier molecular flexibility index (Phi) is 5.68. The van der Waals surface area contributed by atoms with Crippen LogP contribution in [0.1, 0.15) is 0 Å². The van der Waals surface area contributed by atoms with Crippen molar-refractivity contribution in [3.63, 3.8) is 0 Å². The van der Waals surface area contributed by atoms with Crippen LogP contribution < -0.4 is 15.1 Å². The van der Waals surface area contributed by atoms with Crippen molar-refractivity contribution in [3.8, 4) is 11.5 Å². The summed E-state index contributed by atoms with van der Waals surface area (Å²) in [6.07, 6.45) is 0. The van der Waals surface area contributed by atoms with Crippen molar-refractivity contribution < 1.29 is 23.4 Å². The Balaban J connectivity index is 1.73. The van der Waals surface area contributed by atoms with E-state index < -0.39 is 5.63 Å². The van der Waals surface area contributed by atoms with Gasteiger partial charge in [-0.1, -0.05) is 0 Å². The van der Waals surface area contributed by atoms with Gasteiger partial charge in [0.1, 0.15) is 12.2 Å². The van der Waals surface area contributed by atoms with E-state index in [1.165, 1.54) is 6.07 Å². The molecule has 0 aliphatic carbocycles. The number of hydrogen-bond acceptors (Lipinski definition) is 7. The fourth-order valence-corrected chi connectivity index (χ4v) is 2.53. The minimum Gasteiger partial charge on any atom is -0.488 e. The van der Waals surface area contributed by atoms with Crippen molar-refractivity contribution in [1.29, 1.82) is 0 Å². The number of morpholine rings is 1. The molecule has 0 N–H and O–H groups in total. The van der Waals surface area contributed by atoms with Gasteiger partial charge in [-0.25, -0.2) is 4.79 Å². The molecule has 0 amide bonds. The maximum Gasteiger partial charge on any atom is 0.336 e. The first kappa shape index (κ1) is 16.8. The molecule has 24 heavy (non-hydrogen) atoms. The molecule has 7 heteroatoms. The molecule has 7 nitrogen and oxygen atoms in total. The molecule has 0 spiro atoms. The molecule has 130 valence electrons. The van der Waals surface area contributed by atoms with Crippen molar-refractivity contribution in [1.82, 2.24) is 4.90 Å². The molecule has 2 aromatic rings. The molecule has 1 aromatic heterocycles. The summed E-state index contributed by atoms with van der Waals surface area (Å²) in [7, 11) is 1.54. The molecule has 0 unspecified atom stereocenters. The monoisotopic (exact) mass is 335 g/mol. The van der Waals surface area contributed by atoms with E-state index in [2.05, 4.69) is 4.90 Å². The molecule has 1 saturated heterocycles. The first-order valence-electron chi connectivity index (χ1n) is 7.89. The summed E-state index contributed by atoms with van der Waals surface area (Å²) in [5, 5.41) is 0.778. The highest BCUT2D eigenvalue weighted by Gasteiger charge is 2.13. The van der Waals surface area contributed by atoms with Crippen molar-refractivity contribution >= 4 is 11.0 Å². The van der Waals surface area contributed by atoms with E-state index in [1.807, 2.05) is 6.07 Å². The van der Waals surface area contributed by atoms with Crippen LogP contribution in [0.3, 0.4) is 0 Å².